The van der Waals surface area contributed by atoms with Gasteiger partial charge in [-0.2, -0.15) is 0 Å². The fourth-order valence-corrected chi connectivity index (χ4v) is 3.13. The van der Waals surface area contributed by atoms with Gasteiger partial charge in [-0.05, 0) is 60.9 Å². The minimum atomic E-state index is -0.640. The molecule has 30 heavy (non-hydrogen) atoms. The lowest BCUT2D eigenvalue weighted by molar-refractivity contribution is -0.118. The largest absolute Gasteiger partial charge is 0.356 e. The normalized spacial score (nSPS) is 11.6. The highest BCUT2D eigenvalue weighted by atomic mass is 16.2. The van der Waals surface area contributed by atoms with Crippen LogP contribution in [0.3, 0.4) is 0 Å². The first-order valence-electron chi connectivity index (χ1n) is 10.0. The van der Waals surface area contributed by atoms with Crippen molar-refractivity contribution in [3.8, 4) is 0 Å². The fraction of sp³-hybridized carbons (Fsp3) is 0.200. The Hall–Kier alpha value is -3.60. The average molecular weight is 402 g/mol. The van der Waals surface area contributed by atoms with E-state index in [4.69, 9.17) is 0 Å². The van der Waals surface area contributed by atoms with Crippen molar-refractivity contribution in [2.24, 2.45) is 5.92 Å². The zero-order chi connectivity index (χ0) is 21.5. The van der Waals surface area contributed by atoms with Crippen molar-refractivity contribution in [2.75, 3.05) is 10.6 Å². The van der Waals surface area contributed by atoms with Crippen LogP contribution in [0.1, 0.15) is 29.8 Å². The molecular weight excluding hydrogens is 374 g/mol. The van der Waals surface area contributed by atoms with Crippen LogP contribution in [0.25, 0.3) is 0 Å². The van der Waals surface area contributed by atoms with E-state index in [2.05, 4.69) is 16.0 Å². The molecular formula is C25H27N3O2. The lowest BCUT2D eigenvalue weighted by Crippen LogP contribution is -2.47. The number of carbonyl (C=O) groups is 2. The SMILES string of the molecule is Cc1ccccc1C(=O)NC(C(=O)Nc1ccc(Nc2ccccc2)cc1)C(C)C. The van der Waals surface area contributed by atoms with E-state index >= 15 is 0 Å². The fourth-order valence-electron chi connectivity index (χ4n) is 3.13. The summed E-state index contributed by atoms with van der Waals surface area (Å²) in [4.78, 5) is 25.5. The first-order valence-corrected chi connectivity index (χ1v) is 10.0. The van der Waals surface area contributed by atoms with Gasteiger partial charge in [-0.3, -0.25) is 9.59 Å². The van der Waals surface area contributed by atoms with Crippen molar-refractivity contribution >= 4 is 28.9 Å². The summed E-state index contributed by atoms with van der Waals surface area (Å²) in [7, 11) is 0. The highest BCUT2D eigenvalue weighted by molar-refractivity contribution is 6.02. The molecule has 0 fully saturated rings. The van der Waals surface area contributed by atoms with E-state index in [-0.39, 0.29) is 17.7 Å². The third-order valence-corrected chi connectivity index (χ3v) is 4.84. The van der Waals surface area contributed by atoms with Crippen LogP contribution in [0.15, 0.2) is 78.9 Å². The van der Waals surface area contributed by atoms with E-state index in [1.807, 2.05) is 93.6 Å². The molecule has 3 rings (SSSR count). The van der Waals surface area contributed by atoms with Crippen molar-refractivity contribution in [3.05, 3.63) is 90.0 Å². The third-order valence-electron chi connectivity index (χ3n) is 4.84. The maximum atomic E-state index is 12.8. The summed E-state index contributed by atoms with van der Waals surface area (Å²) in [5, 5.41) is 9.08. The first-order chi connectivity index (χ1) is 14.4. The number of hydrogen-bond donors (Lipinski definition) is 3. The number of carbonyl (C=O) groups excluding carboxylic acids is 2. The molecule has 0 aliphatic rings. The van der Waals surface area contributed by atoms with Gasteiger partial charge in [0, 0.05) is 22.6 Å². The molecule has 0 spiro atoms. The van der Waals surface area contributed by atoms with Crippen LogP contribution < -0.4 is 16.0 Å². The number of nitrogens with one attached hydrogen (secondary N) is 3. The topological polar surface area (TPSA) is 70.2 Å². The molecule has 0 bridgehead atoms. The maximum absolute atomic E-state index is 12.8. The van der Waals surface area contributed by atoms with Crippen LogP contribution in [0.2, 0.25) is 0 Å². The molecule has 3 aromatic carbocycles. The van der Waals surface area contributed by atoms with Crippen LogP contribution >= 0.6 is 0 Å². The minimum Gasteiger partial charge on any atom is -0.356 e. The summed E-state index contributed by atoms with van der Waals surface area (Å²) in [6.07, 6.45) is 0. The number of amides is 2. The number of rotatable bonds is 7. The molecule has 0 aliphatic carbocycles. The second-order valence-electron chi connectivity index (χ2n) is 7.57. The van der Waals surface area contributed by atoms with Gasteiger partial charge >= 0.3 is 0 Å². The van der Waals surface area contributed by atoms with Crippen LogP contribution in [-0.4, -0.2) is 17.9 Å². The van der Waals surface area contributed by atoms with Gasteiger partial charge in [-0.1, -0.05) is 50.2 Å². The summed E-state index contributed by atoms with van der Waals surface area (Å²) in [6, 6.07) is 24.1. The van der Waals surface area contributed by atoms with Gasteiger partial charge in [0.2, 0.25) is 5.91 Å². The third kappa shape index (κ3) is 5.47. The molecule has 3 N–H and O–H groups in total. The number of hydrogen-bond acceptors (Lipinski definition) is 3. The maximum Gasteiger partial charge on any atom is 0.252 e. The number of anilines is 3. The molecule has 0 heterocycles. The van der Waals surface area contributed by atoms with Crippen molar-refractivity contribution in [1.82, 2.24) is 5.32 Å². The Labute approximate surface area is 177 Å². The van der Waals surface area contributed by atoms with E-state index in [0.717, 1.165) is 16.9 Å². The molecule has 0 aliphatic heterocycles. The number of aryl methyl sites for hydroxylation is 1. The highest BCUT2D eigenvalue weighted by Gasteiger charge is 2.25. The summed E-state index contributed by atoms with van der Waals surface area (Å²) in [6.45, 7) is 5.70. The summed E-state index contributed by atoms with van der Waals surface area (Å²) in [5.41, 5.74) is 4.04. The van der Waals surface area contributed by atoms with Crippen LogP contribution in [0.4, 0.5) is 17.1 Å². The second-order valence-corrected chi connectivity index (χ2v) is 7.57. The molecule has 0 saturated heterocycles. The van der Waals surface area contributed by atoms with Crippen molar-refractivity contribution < 1.29 is 9.59 Å². The molecule has 0 aromatic heterocycles. The molecule has 5 heteroatoms. The van der Waals surface area contributed by atoms with Gasteiger partial charge in [0.15, 0.2) is 0 Å². The zero-order valence-electron chi connectivity index (χ0n) is 17.5. The lowest BCUT2D eigenvalue weighted by atomic mass is 10.0. The van der Waals surface area contributed by atoms with E-state index in [1.54, 1.807) is 6.07 Å². The van der Waals surface area contributed by atoms with Gasteiger partial charge in [0.25, 0.3) is 5.91 Å². The molecule has 0 saturated carbocycles. The summed E-state index contributed by atoms with van der Waals surface area (Å²) in [5.74, 6) is -0.544. The highest BCUT2D eigenvalue weighted by Crippen LogP contribution is 2.19. The van der Waals surface area contributed by atoms with Crippen molar-refractivity contribution in [3.63, 3.8) is 0 Å². The molecule has 1 atom stereocenters. The Kier molecular flexibility index (Phi) is 6.86. The average Bonchev–Trinajstić information content (AvgIpc) is 2.74. The van der Waals surface area contributed by atoms with Gasteiger partial charge in [-0.15, -0.1) is 0 Å². The lowest BCUT2D eigenvalue weighted by Gasteiger charge is -2.22. The minimum absolute atomic E-state index is 0.0583. The number of para-hydroxylation sites is 1. The van der Waals surface area contributed by atoms with Gasteiger partial charge < -0.3 is 16.0 Å². The molecule has 154 valence electrons. The second kappa shape index (κ2) is 9.74. The first kappa shape index (κ1) is 21.1. The molecule has 2 amide bonds. The van der Waals surface area contributed by atoms with Crippen molar-refractivity contribution in [1.29, 1.82) is 0 Å². The quantitative estimate of drug-likeness (QED) is 0.514. The monoisotopic (exact) mass is 401 g/mol. The predicted molar refractivity (Wildman–Crippen MR) is 122 cm³/mol. The Morgan fingerprint density at radius 2 is 1.30 bits per heavy atom. The van der Waals surface area contributed by atoms with Gasteiger partial charge in [-0.25, -0.2) is 0 Å². The zero-order valence-corrected chi connectivity index (χ0v) is 17.5. The van der Waals surface area contributed by atoms with Crippen LogP contribution in [0.5, 0.6) is 0 Å². The van der Waals surface area contributed by atoms with Gasteiger partial charge in [0.05, 0.1) is 0 Å². The van der Waals surface area contributed by atoms with Gasteiger partial charge in [0.1, 0.15) is 6.04 Å². The Morgan fingerprint density at radius 1 is 0.733 bits per heavy atom. The number of benzene rings is 3. The Bertz CT molecular complexity index is 998. The Balaban J connectivity index is 1.65. The molecule has 3 aromatic rings. The Morgan fingerprint density at radius 3 is 1.93 bits per heavy atom. The predicted octanol–water partition coefficient (Wildman–Crippen LogP) is 5.13. The molecule has 1 unspecified atom stereocenters. The summed E-state index contributed by atoms with van der Waals surface area (Å²) >= 11 is 0. The van der Waals surface area contributed by atoms with Crippen LogP contribution in [0, 0.1) is 12.8 Å². The van der Waals surface area contributed by atoms with E-state index in [9.17, 15) is 9.59 Å². The van der Waals surface area contributed by atoms with Crippen LogP contribution in [-0.2, 0) is 4.79 Å². The summed E-state index contributed by atoms with van der Waals surface area (Å²) < 4.78 is 0. The smallest absolute Gasteiger partial charge is 0.252 e. The molecule has 5 nitrogen and oxygen atoms in total. The standard InChI is InChI=1S/C25H27N3O2/c1-17(2)23(28-24(29)22-12-8-7-9-18(22)3)25(30)27-21-15-13-20(14-16-21)26-19-10-5-4-6-11-19/h4-17,23,26H,1-3H3,(H,27,30)(H,28,29). The van der Waals surface area contributed by atoms with Crippen molar-refractivity contribution in [2.45, 2.75) is 26.8 Å². The van der Waals surface area contributed by atoms with E-state index < -0.39 is 6.04 Å². The molecule has 0 radical (unpaired) electrons. The van der Waals surface area contributed by atoms with E-state index in [1.165, 1.54) is 0 Å². The van der Waals surface area contributed by atoms with E-state index in [0.29, 0.717) is 11.3 Å².